The summed E-state index contributed by atoms with van der Waals surface area (Å²) >= 11 is 0. The number of carbonyl (C=O) groups excluding carboxylic acids is 2. The molecule has 3 aliphatic carbocycles. The van der Waals surface area contributed by atoms with Crippen LogP contribution in [0.25, 0.3) is 0 Å². The molecule has 54 heavy (non-hydrogen) atoms. The fourth-order valence-corrected chi connectivity index (χ4v) is 11.0. The second-order valence-corrected chi connectivity index (χ2v) is 17.3. The summed E-state index contributed by atoms with van der Waals surface area (Å²) in [6.07, 6.45) is 9.64. The molecule has 0 aromatic heterocycles. The van der Waals surface area contributed by atoms with Crippen LogP contribution < -0.4 is 0 Å². The quantitative estimate of drug-likeness (QED) is 0.186. The predicted molar refractivity (Wildman–Crippen MR) is 203 cm³/mol. The first-order chi connectivity index (χ1) is 25.9. The van der Waals surface area contributed by atoms with E-state index in [-0.39, 0.29) is 96.8 Å². The molecular weight excluding hydrogens is 690 g/mol. The number of fused-ring (bicyclic) bond motifs is 5. The summed E-state index contributed by atoms with van der Waals surface area (Å²) in [4.78, 5) is 30.7. The van der Waals surface area contributed by atoms with Crippen LogP contribution in [-0.4, -0.2) is 120 Å². The zero-order valence-electron chi connectivity index (χ0n) is 34.6. The monoisotopic (exact) mass is 759 g/mol. The topological polar surface area (TPSA) is 111 Å². The van der Waals surface area contributed by atoms with Crippen molar-refractivity contribution in [1.29, 1.82) is 0 Å². The largest absolute Gasteiger partial charge is 0.462 e. The van der Waals surface area contributed by atoms with Gasteiger partial charge in [-0.2, -0.15) is 0 Å². The minimum atomic E-state index is -0.599. The summed E-state index contributed by atoms with van der Waals surface area (Å²) in [5, 5.41) is 0. The molecule has 0 N–H and O–H groups in total. The first kappa shape index (κ1) is 41.9. The van der Waals surface area contributed by atoms with Crippen molar-refractivity contribution in [1.82, 2.24) is 4.90 Å². The Morgan fingerprint density at radius 2 is 1.56 bits per heavy atom. The van der Waals surface area contributed by atoms with Crippen molar-refractivity contribution in [2.45, 2.75) is 166 Å². The number of ketones is 1. The van der Waals surface area contributed by atoms with E-state index in [2.05, 4.69) is 51.9 Å². The molecule has 17 unspecified atom stereocenters. The van der Waals surface area contributed by atoms with Crippen LogP contribution >= 0.6 is 0 Å². The van der Waals surface area contributed by atoms with Gasteiger partial charge in [0, 0.05) is 39.2 Å². The molecule has 0 amide bonds. The van der Waals surface area contributed by atoms with E-state index in [0.29, 0.717) is 18.4 Å². The van der Waals surface area contributed by atoms with Gasteiger partial charge in [-0.05, 0) is 115 Å². The number of cyclic esters (lactones) is 1. The number of methoxy groups -OCH3 is 3. The van der Waals surface area contributed by atoms with Gasteiger partial charge in [0.1, 0.15) is 24.4 Å². The molecule has 11 nitrogen and oxygen atoms in total. The molecule has 306 valence electrons. The number of esters is 1. The van der Waals surface area contributed by atoms with E-state index >= 15 is 0 Å². The first-order valence-electron chi connectivity index (χ1n) is 20.9. The Labute approximate surface area is 324 Å². The molecule has 6 aliphatic rings. The molecular formula is C43H69NO10. The molecule has 1 saturated carbocycles. The van der Waals surface area contributed by atoms with E-state index in [1.54, 1.807) is 21.3 Å². The van der Waals surface area contributed by atoms with Gasteiger partial charge in [0.2, 0.25) is 0 Å². The molecule has 0 bridgehead atoms. The van der Waals surface area contributed by atoms with Crippen molar-refractivity contribution in [3.8, 4) is 0 Å². The zero-order chi connectivity index (χ0) is 38.8. The Bertz CT molecular complexity index is 1350. The fraction of sp³-hybridized carbons (Fsp3) is 0.860. The normalized spacial score (nSPS) is 44.7. The van der Waals surface area contributed by atoms with Gasteiger partial charge in [0.25, 0.3) is 0 Å². The summed E-state index contributed by atoms with van der Waals surface area (Å²) in [6.45, 7) is 10.5. The average molecular weight is 760 g/mol. The van der Waals surface area contributed by atoms with Crippen molar-refractivity contribution < 1.29 is 47.5 Å². The van der Waals surface area contributed by atoms with Gasteiger partial charge in [-0.15, -0.1) is 0 Å². The third kappa shape index (κ3) is 8.74. The Morgan fingerprint density at radius 1 is 0.815 bits per heavy atom. The van der Waals surface area contributed by atoms with E-state index < -0.39 is 12.4 Å². The highest BCUT2D eigenvalue weighted by atomic mass is 16.7. The molecule has 0 aromatic rings. The van der Waals surface area contributed by atoms with Gasteiger partial charge in [-0.3, -0.25) is 9.59 Å². The molecule has 4 fully saturated rings. The first-order valence-corrected chi connectivity index (χ1v) is 20.9. The standard InChI is InChI=1S/C43H69NO10/c1-11-13-27-14-12-15-36(54-38-17-16-35(44(6)7)25(4)50-38)24(3)39(46)34-21-32-30(33(34)22-37(45)52-27)18-23(2)29-19-28(20-31(29)32)53-43-42(49-10)41(48-9)40(47-8)26(5)51-43/h18,21,24-33,35-36,38,40-43H,11-17,19-20,22H2,1-10H3. The van der Waals surface area contributed by atoms with E-state index in [9.17, 15) is 9.59 Å². The molecule has 3 aliphatic heterocycles. The number of hydrogen-bond donors (Lipinski definition) is 0. The maximum Gasteiger partial charge on any atom is 0.306 e. The molecule has 0 radical (unpaired) electrons. The molecule has 0 aromatic carbocycles. The number of rotatable bonds is 10. The number of Topliss-reactive ketones (excluding diaryl/α,β-unsaturated/α-hetero) is 1. The summed E-state index contributed by atoms with van der Waals surface area (Å²) in [7, 11) is 9.17. The van der Waals surface area contributed by atoms with E-state index in [1.807, 2.05) is 13.8 Å². The van der Waals surface area contributed by atoms with Crippen LogP contribution in [0, 0.1) is 35.5 Å². The molecule has 3 heterocycles. The van der Waals surface area contributed by atoms with Gasteiger partial charge in [-0.25, -0.2) is 0 Å². The van der Waals surface area contributed by atoms with Gasteiger partial charge >= 0.3 is 5.97 Å². The fourth-order valence-electron chi connectivity index (χ4n) is 11.0. The Morgan fingerprint density at radius 3 is 2.22 bits per heavy atom. The number of ether oxygens (including phenoxy) is 8. The summed E-state index contributed by atoms with van der Waals surface area (Å²) in [5.74, 6) is 0.0205. The Balaban J connectivity index is 1.23. The SMILES string of the molecule is CCCC1CCCC(OC2CCC(N(C)C)C(C)O2)C(C)C(=O)C2=CC3C(C=C(C)C4CC(OC5OC(C)C(OC)C(OC)C5OC)CC43)C2CC(=O)O1. The van der Waals surface area contributed by atoms with Crippen molar-refractivity contribution in [3.05, 3.63) is 23.3 Å². The summed E-state index contributed by atoms with van der Waals surface area (Å²) in [6, 6.07) is 0.337. The van der Waals surface area contributed by atoms with Crippen LogP contribution in [0.1, 0.15) is 98.8 Å². The molecule has 17 atom stereocenters. The lowest BCUT2D eigenvalue weighted by atomic mass is 9.67. The van der Waals surface area contributed by atoms with Crippen LogP contribution in [0.4, 0.5) is 0 Å². The van der Waals surface area contributed by atoms with Gasteiger partial charge in [-0.1, -0.05) is 38.0 Å². The predicted octanol–water partition coefficient (Wildman–Crippen LogP) is 6.27. The van der Waals surface area contributed by atoms with Crippen LogP contribution in [0.5, 0.6) is 0 Å². The minimum absolute atomic E-state index is 0.0359. The van der Waals surface area contributed by atoms with Crippen LogP contribution in [-0.2, 0) is 47.5 Å². The smallest absolute Gasteiger partial charge is 0.306 e. The second-order valence-electron chi connectivity index (χ2n) is 17.3. The molecule has 6 rings (SSSR count). The number of likely N-dealkylation sites (N-methyl/N-ethyl adjacent to an activating group) is 1. The Hall–Kier alpha value is -1.70. The Kier molecular flexibility index (Phi) is 14.2. The van der Waals surface area contributed by atoms with Gasteiger partial charge in [0.05, 0.1) is 30.8 Å². The second kappa shape index (κ2) is 18.3. The number of allylic oxidation sites excluding steroid dienone is 4. The van der Waals surface area contributed by atoms with Gasteiger partial charge in [0.15, 0.2) is 18.4 Å². The third-order valence-corrected chi connectivity index (χ3v) is 13.8. The number of nitrogens with zero attached hydrogens (tertiary/aromatic N) is 1. The van der Waals surface area contributed by atoms with Crippen LogP contribution in [0.3, 0.4) is 0 Å². The van der Waals surface area contributed by atoms with E-state index in [4.69, 9.17) is 37.9 Å². The van der Waals surface area contributed by atoms with Crippen LogP contribution in [0.15, 0.2) is 23.3 Å². The van der Waals surface area contributed by atoms with Crippen molar-refractivity contribution in [2.24, 2.45) is 35.5 Å². The third-order valence-electron chi connectivity index (χ3n) is 13.8. The molecule has 0 spiro atoms. The molecule has 11 heteroatoms. The van der Waals surface area contributed by atoms with Crippen molar-refractivity contribution in [3.63, 3.8) is 0 Å². The number of carbonyl (C=O) groups is 2. The van der Waals surface area contributed by atoms with Crippen LogP contribution in [0.2, 0.25) is 0 Å². The van der Waals surface area contributed by atoms with Gasteiger partial charge < -0.3 is 42.8 Å². The summed E-state index contributed by atoms with van der Waals surface area (Å²) in [5.41, 5.74) is 2.08. The van der Waals surface area contributed by atoms with Crippen molar-refractivity contribution >= 4 is 11.8 Å². The molecule has 3 saturated heterocycles. The lowest BCUT2D eigenvalue weighted by molar-refractivity contribution is -0.314. The highest BCUT2D eigenvalue weighted by molar-refractivity contribution is 5.99. The zero-order valence-corrected chi connectivity index (χ0v) is 34.6. The number of hydrogen-bond acceptors (Lipinski definition) is 11. The minimum Gasteiger partial charge on any atom is -0.462 e. The lowest BCUT2D eigenvalue weighted by Crippen LogP contribution is -2.59. The average Bonchev–Trinajstić information content (AvgIpc) is 3.71. The highest BCUT2D eigenvalue weighted by Gasteiger charge is 2.53. The lowest BCUT2D eigenvalue weighted by Gasteiger charge is -2.44. The van der Waals surface area contributed by atoms with Crippen molar-refractivity contribution in [2.75, 3.05) is 35.4 Å². The van der Waals surface area contributed by atoms with E-state index in [1.165, 1.54) is 5.57 Å². The van der Waals surface area contributed by atoms with E-state index in [0.717, 1.165) is 56.9 Å². The maximum absolute atomic E-state index is 14.8. The maximum atomic E-state index is 14.8. The highest BCUT2D eigenvalue weighted by Crippen LogP contribution is 2.56. The summed E-state index contributed by atoms with van der Waals surface area (Å²) < 4.78 is 49.9.